The van der Waals surface area contributed by atoms with Crippen LogP contribution in [0.25, 0.3) is 0 Å². The van der Waals surface area contributed by atoms with Gasteiger partial charge in [-0.1, -0.05) is 18.2 Å². The largest absolute Gasteiger partial charge is 0.497 e. The molecule has 1 fully saturated rings. The van der Waals surface area contributed by atoms with Gasteiger partial charge in [0.25, 0.3) is 0 Å². The van der Waals surface area contributed by atoms with Crippen LogP contribution in [0.2, 0.25) is 0 Å². The van der Waals surface area contributed by atoms with Gasteiger partial charge in [0.1, 0.15) is 11.8 Å². The van der Waals surface area contributed by atoms with E-state index in [2.05, 4.69) is 10.6 Å². The van der Waals surface area contributed by atoms with Crippen LogP contribution in [0.1, 0.15) is 30.9 Å². The number of amides is 2. The molecule has 0 spiro atoms. The summed E-state index contributed by atoms with van der Waals surface area (Å²) in [5.41, 5.74) is -0.224. The molecule has 1 saturated heterocycles. The van der Waals surface area contributed by atoms with Crippen molar-refractivity contribution in [3.05, 3.63) is 59.7 Å². The maximum absolute atomic E-state index is 13.0. The number of methoxy groups -OCH3 is 1. The van der Waals surface area contributed by atoms with Crippen LogP contribution < -0.4 is 15.4 Å². The Bertz CT molecular complexity index is 1180. The van der Waals surface area contributed by atoms with E-state index >= 15 is 0 Å². The molecule has 2 amide bonds. The number of benzene rings is 2. The molecule has 1 atom stereocenters. The molecule has 0 aromatic heterocycles. The zero-order valence-corrected chi connectivity index (χ0v) is 20.7. The number of sulfonamides is 1. The minimum atomic E-state index is -4.65. The van der Waals surface area contributed by atoms with E-state index in [9.17, 15) is 31.2 Å². The van der Waals surface area contributed by atoms with Gasteiger partial charge in [0, 0.05) is 32.5 Å². The van der Waals surface area contributed by atoms with Gasteiger partial charge in [0.05, 0.1) is 17.6 Å². The molecule has 0 aliphatic carbocycles. The van der Waals surface area contributed by atoms with E-state index in [1.807, 2.05) is 0 Å². The topological polar surface area (TPSA) is 105 Å². The molecule has 0 radical (unpaired) electrons. The first-order valence-corrected chi connectivity index (χ1v) is 12.7. The van der Waals surface area contributed by atoms with Crippen LogP contribution in [0.15, 0.2) is 53.4 Å². The number of nitrogens with one attached hydrogen (secondary N) is 2. The average Bonchev–Trinajstić information content (AvgIpc) is 2.83. The van der Waals surface area contributed by atoms with Crippen LogP contribution in [0.4, 0.5) is 13.2 Å². The Morgan fingerprint density at radius 2 is 1.75 bits per heavy atom. The van der Waals surface area contributed by atoms with Crippen LogP contribution >= 0.6 is 0 Å². The molecule has 1 aliphatic rings. The first-order chi connectivity index (χ1) is 16.9. The summed E-state index contributed by atoms with van der Waals surface area (Å²) in [5.74, 6) is -0.114. The van der Waals surface area contributed by atoms with Crippen LogP contribution in [-0.4, -0.2) is 56.8 Å². The fraction of sp³-hybridized carbons (Fsp3) is 0.417. The Kier molecular flexibility index (Phi) is 8.62. The first kappa shape index (κ1) is 27.5. The van der Waals surface area contributed by atoms with Gasteiger partial charge in [-0.25, -0.2) is 8.42 Å². The van der Waals surface area contributed by atoms with Crippen molar-refractivity contribution in [2.45, 2.75) is 49.3 Å². The minimum Gasteiger partial charge on any atom is -0.497 e. The van der Waals surface area contributed by atoms with Gasteiger partial charge in [-0.3, -0.25) is 9.59 Å². The van der Waals surface area contributed by atoms with Gasteiger partial charge in [-0.05, 0) is 48.7 Å². The monoisotopic (exact) mass is 527 g/mol. The Hall–Kier alpha value is -3.12. The number of rotatable bonds is 8. The quantitative estimate of drug-likeness (QED) is 0.550. The highest BCUT2D eigenvalue weighted by Gasteiger charge is 2.35. The smallest absolute Gasteiger partial charge is 0.416 e. The van der Waals surface area contributed by atoms with E-state index in [1.165, 1.54) is 6.92 Å². The summed E-state index contributed by atoms with van der Waals surface area (Å²) in [6, 6.07) is 9.54. The Morgan fingerprint density at radius 3 is 2.31 bits per heavy atom. The molecule has 2 aromatic carbocycles. The van der Waals surface area contributed by atoms with Crippen molar-refractivity contribution in [2.75, 3.05) is 20.2 Å². The van der Waals surface area contributed by atoms with Crippen molar-refractivity contribution >= 4 is 21.8 Å². The molecule has 1 aliphatic heterocycles. The molecule has 0 unspecified atom stereocenters. The molecule has 2 aromatic rings. The normalized spacial score (nSPS) is 16.2. The lowest BCUT2D eigenvalue weighted by Crippen LogP contribution is -2.53. The van der Waals surface area contributed by atoms with E-state index < -0.39 is 38.6 Å². The van der Waals surface area contributed by atoms with E-state index in [4.69, 9.17) is 4.74 Å². The summed E-state index contributed by atoms with van der Waals surface area (Å²) in [6.07, 6.45) is -3.85. The zero-order chi connectivity index (χ0) is 26.5. The maximum atomic E-state index is 13.0. The fourth-order valence-corrected chi connectivity index (χ4v) is 5.49. The summed E-state index contributed by atoms with van der Waals surface area (Å²) in [6.45, 7) is 1.38. The second-order valence-electron chi connectivity index (χ2n) is 8.52. The van der Waals surface area contributed by atoms with Crippen LogP contribution in [0.3, 0.4) is 0 Å². The van der Waals surface area contributed by atoms with E-state index in [-0.39, 0.29) is 44.3 Å². The summed E-state index contributed by atoms with van der Waals surface area (Å²) in [5, 5.41) is 5.50. The van der Waals surface area contributed by atoms with Crippen LogP contribution in [0.5, 0.6) is 5.75 Å². The number of nitrogens with zero attached hydrogens (tertiary/aromatic N) is 1. The predicted octanol–water partition coefficient (Wildman–Crippen LogP) is 2.73. The highest BCUT2D eigenvalue weighted by molar-refractivity contribution is 7.89. The Morgan fingerprint density at radius 1 is 1.11 bits per heavy atom. The maximum Gasteiger partial charge on any atom is 0.416 e. The standard InChI is InChI=1S/C24H28F3N3O5S/c1-16(31)28-22(14-17-6-8-20(35-2)9-7-17)23(32)29-19-10-12-30(13-11-19)36(33,34)21-5-3-4-18(15-21)24(25,26)27/h3-9,15,19,22H,10-14H2,1-2H3,(H,28,31)(H,29,32)/t22-/m1/s1. The molecular weight excluding hydrogens is 499 g/mol. The van der Waals surface area contributed by atoms with Gasteiger partial charge >= 0.3 is 6.18 Å². The number of carbonyl (C=O) groups is 2. The lowest BCUT2D eigenvalue weighted by molar-refractivity contribution is -0.137. The summed E-state index contributed by atoms with van der Waals surface area (Å²) in [4.78, 5) is 24.2. The van der Waals surface area contributed by atoms with Gasteiger partial charge in [0.15, 0.2) is 0 Å². The molecule has 2 N–H and O–H groups in total. The molecular formula is C24H28F3N3O5S. The van der Waals surface area contributed by atoms with Gasteiger partial charge in [-0.2, -0.15) is 17.5 Å². The molecule has 196 valence electrons. The number of alkyl halides is 3. The second kappa shape index (κ2) is 11.3. The van der Waals surface area contributed by atoms with Crippen molar-refractivity contribution in [1.29, 1.82) is 0 Å². The number of carbonyl (C=O) groups excluding carboxylic acids is 2. The molecule has 3 rings (SSSR count). The Labute approximate surface area is 207 Å². The third kappa shape index (κ3) is 6.97. The molecule has 12 heteroatoms. The third-order valence-corrected chi connectivity index (χ3v) is 7.79. The van der Waals surface area contributed by atoms with Crippen molar-refractivity contribution in [2.24, 2.45) is 0 Å². The summed E-state index contributed by atoms with van der Waals surface area (Å²) in [7, 11) is -2.58. The molecule has 8 nitrogen and oxygen atoms in total. The van der Waals surface area contributed by atoms with E-state index in [0.717, 1.165) is 28.1 Å². The highest BCUT2D eigenvalue weighted by Crippen LogP contribution is 2.31. The number of halogens is 3. The average molecular weight is 528 g/mol. The number of piperidine rings is 1. The van der Waals surface area contributed by atoms with Crippen molar-refractivity contribution in [3.8, 4) is 5.75 Å². The second-order valence-corrected chi connectivity index (χ2v) is 10.5. The third-order valence-electron chi connectivity index (χ3n) is 5.89. The SMILES string of the molecule is COc1ccc(C[C@@H](NC(C)=O)C(=O)NC2CCN(S(=O)(=O)c3cccc(C(F)(F)F)c3)CC2)cc1. The van der Waals surface area contributed by atoms with Crippen LogP contribution in [-0.2, 0) is 32.2 Å². The lowest BCUT2D eigenvalue weighted by atomic mass is 10.0. The first-order valence-electron chi connectivity index (χ1n) is 11.3. The van der Waals surface area contributed by atoms with Crippen molar-refractivity contribution in [1.82, 2.24) is 14.9 Å². The number of hydrogen-bond acceptors (Lipinski definition) is 5. The highest BCUT2D eigenvalue weighted by atomic mass is 32.2. The Balaban J connectivity index is 1.62. The summed E-state index contributed by atoms with van der Waals surface area (Å²) < 4.78 is 71.0. The zero-order valence-electron chi connectivity index (χ0n) is 19.8. The van der Waals surface area contributed by atoms with E-state index in [1.54, 1.807) is 31.4 Å². The van der Waals surface area contributed by atoms with Gasteiger partial charge < -0.3 is 15.4 Å². The van der Waals surface area contributed by atoms with Gasteiger partial charge in [0.2, 0.25) is 21.8 Å². The van der Waals surface area contributed by atoms with Crippen molar-refractivity contribution < 1.29 is 35.9 Å². The minimum absolute atomic E-state index is 0.0345. The number of ether oxygens (including phenoxy) is 1. The van der Waals surface area contributed by atoms with Gasteiger partial charge in [-0.15, -0.1) is 0 Å². The molecule has 36 heavy (non-hydrogen) atoms. The predicted molar refractivity (Wildman–Crippen MR) is 126 cm³/mol. The molecule has 1 heterocycles. The van der Waals surface area contributed by atoms with Crippen molar-refractivity contribution in [3.63, 3.8) is 0 Å². The van der Waals surface area contributed by atoms with Crippen LogP contribution in [0, 0.1) is 0 Å². The number of hydrogen-bond donors (Lipinski definition) is 2. The molecule has 0 bridgehead atoms. The summed E-state index contributed by atoms with van der Waals surface area (Å²) >= 11 is 0. The lowest BCUT2D eigenvalue weighted by Gasteiger charge is -2.32. The molecule has 0 saturated carbocycles. The fourth-order valence-electron chi connectivity index (χ4n) is 3.98. The van der Waals surface area contributed by atoms with E-state index in [0.29, 0.717) is 11.8 Å².